The Morgan fingerprint density at radius 1 is 1.53 bits per heavy atom. The van der Waals surface area contributed by atoms with Crippen molar-refractivity contribution in [3.63, 3.8) is 0 Å². The first kappa shape index (κ1) is 13.7. The number of methoxy groups -OCH3 is 1. The van der Waals surface area contributed by atoms with Crippen molar-refractivity contribution in [1.29, 1.82) is 0 Å². The van der Waals surface area contributed by atoms with Crippen LogP contribution in [-0.2, 0) is 4.79 Å². The highest BCUT2D eigenvalue weighted by Crippen LogP contribution is 2.38. The van der Waals surface area contributed by atoms with E-state index in [0.717, 1.165) is 19.3 Å². The van der Waals surface area contributed by atoms with Gasteiger partial charge in [-0.05, 0) is 25.3 Å². The van der Waals surface area contributed by atoms with Gasteiger partial charge < -0.3 is 20.3 Å². The van der Waals surface area contributed by atoms with Gasteiger partial charge in [-0.1, -0.05) is 12.1 Å². The first-order valence-electron chi connectivity index (χ1n) is 6.42. The number of nitrogens with two attached hydrogens (primary N) is 1. The molecule has 1 aliphatic rings. The van der Waals surface area contributed by atoms with E-state index in [9.17, 15) is 4.79 Å². The fourth-order valence-corrected chi connectivity index (χ4v) is 2.07. The molecule has 0 heterocycles. The molecule has 3 N–H and O–H groups in total. The monoisotopic (exact) mass is 265 g/mol. The number of rotatable bonds is 6. The Morgan fingerprint density at radius 3 is 2.79 bits per heavy atom. The van der Waals surface area contributed by atoms with Crippen LogP contribution in [-0.4, -0.2) is 24.3 Å². The molecule has 0 saturated heterocycles. The molecule has 1 atom stereocenters. The molecule has 19 heavy (non-hydrogen) atoms. The average Bonchev–Trinajstić information content (AvgIpc) is 2.32. The molecule has 0 spiro atoms. The minimum Gasteiger partial charge on any atom is -0.493 e. The quantitative estimate of drug-likeness (QED) is 0.823. The summed E-state index contributed by atoms with van der Waals surface area (Å²) in [5, 5.41) is 8.85. The molecule has 1 saturated carbocycles. The van der Waals surface area contributed by atoms with Crippen molar-refractivity contribution in [2.75, 3.05) is 7.11 Å². The van der Waals surface area contributed by atoms with Gasteiger partial charge in [-0.3, -0.25) is 4.79 Å². The largest absolute Gasteiger partial charge is 0.493 e. The molecular formula is C14H19NO4. The average molecular weight is 265 g/mol. The van der Waals surface area contributed by atoms with E-state index in [4.69, 9.17) is 20.3 Å². The van der Waals surface area contributed by atoms with Gasteiger partial charge in [-0.15, -0.1) is 0 Å². The number of carbonyl (C=O) groups is 1. The van der Waals surface area contributed by atoms with E-state index in [0.29, 0.717) is 17.1 Å². The van der Waals surface area contributed by atoms with E-state index in [1.807, 2.05) is 0 Å². The maximum atomic E-state index is 10.8. The fourth-order valence-electron chi connectivity index (χ4n) is 2.07. The number of aliphatic carboxylic acids is 1. The highest BCUT2D eigenvalue weighted by atomic mass is 16.5. The standard InChI is InChI=1S/C14H19NO4/c1-18-12-7-3-6-10(11(15)8-13(16)17)14(12)19-9-4-2-5-9/h3,6-7,9,11H,2,4-5,8,15H2,1H3,(H,16,17). The number of carboxylic acid groups (broad SMARTS) is 1. The third kappa shape index (κ3) is 3.17. The predicted molar refractivity (Wildman–Crippen MR) is 70.4 cm³/mol. The van der Waals surface area contributed by atoms with Crippen LogP contribution in [0.4, 0.5) is 0 Å². The van der Waals surface area contributed by atoms with Crippen LogP contribution in [0, 0.1) is 0 Å². The van der Waals surface area contributed by atoms with Crippen LogP contribution in [0.5, 0.6) is 11.5 Å². The second-order valence-corrected chi connectivity index (χ2v) is 4.75. The van der Waals surface area contributed by atoms with E-state index in [-0.39, 0.29) is 12.5 Å². The zero-order chi connectivity index (χ0) is 13.8. The summed E-state index contributed by atoms with van der Waals surface area (Å²) in [5.74, 6) is 0.263. The second kappa shape index (κ2) is 5.93. The van der Waals surface area contributed by atoms with E-state index < -0.39 is 12.0 Å². The van der Waals surface area contributed by atoms with E-state index in [2.05, 4.69) is 0 Å². The number of ether oxygens (including phenoxy) is 2. The van der Waals surface area contributed by atoms with Crippen molar-refractivity contribution in [2.24, 2.45) is 5.73 Å². The molecule has 0 amide bonds. The summed E-state index contributed by atoms with van der Waals surface area (Å²) in [6, 6.07) is 4.79. The van der Waals surface area contributed by atoms with Gasteiger partial charge in [-0.25, -0.2) is 0 Å². The van der Waals surface area contributed by atoms with E-state index >= 15 is 0 Å². The van der Waals surface area contributed by atoms with Crippen molar-refractivity contribution < 1.29 is 19.4 Å². The number of hydrogen-bond donors (Lipinski definition) is 2. The third-order valence-corrected chi connectivity index (χ3v) is 3.36. The van der Waals surface area contributed by atoms with Crippen LogP contribution in [0.3, 0.4) is 0 Å². The molecule has 0 aliphatic heterocycles. The van der Waals surface area contributed by atoms with Gasteiger partial charge in [0.2, 0.25) is 0 Å². The molecule has 0 aromatic heterocycles. The van der Waals surface area contributed by atoms with Crippen LogP contribution in [0.2, 0.25) is 0 Å². The topological polar surface area (TPSA) is 81.8 Å². The SMILES string of the molecule is COc1cccc(C(N)CC(=O)O)c1OC1CCC1. The van der Waals surface area contributed by atoms with Crippen molar-refractivity contribution >= 4 is 5.97 Å². The summed E-state index contributed by atoms with van der Waals surface area (Å²) in [7, 11) is 1.56. The molecule has 5 heteroatoms. The Balaban J connectivity index is 2.26. The molecule has 1 aromatic rings. The highest BCUT2D eigenvalue weighted by molar-refractivity contribution is 5.68. The van der Waals surface area contributed by atoms with Crippen molar-refractivity contribution in [3.8, 4) is 11.5 Å². The second-order valence-electron chi connectivity index (χ2n) is 4.75. The molecule has 1 unspecified atom stereocenters. The Hall–Kier alpha value is -1.75. The summed E-state index contributed by atoms with van der Waals surface area (Å²) < 4.78 is 11.2. The van der Waals surface area contributed by atoms with Crippen molar-refractivity contribution in [1.82, 2.24) is 0 Å². The molecule has 1 fully saturated rings. The normalized spacial score (nSPS) is 16.5. The van der Waals surface area contributed by atoms with Crippen molar-refractivity contribution in [3.05, 3.63) is 23.8 Å². The van der Waals surface area contributed by atoms with Crippen molar-refractivity contribution in [2.45, 2.75) is 37.8 Å². The summed E-state index contributed by atoms with van der Waals surface area (Å²) in [4.78, 5) is 10.8. The molecule has 0 radical (unpaired) electrons. The maximum absolute atomic E-state index is 10.8. The Morgan fingerprint density at radius 2 is 2.26 bits per heavy atom. The van der Waals surface area contributed by atoms with Crippen LogP contribution < -0.4 is 15.2 Å². The summed E-state index contributed by atoms with van der Waals surface area (Å²) in [5.41, 5.74) is 6.63. The summed E-state index contributed by atoms with van der Waals surface area (Å²) in [6.45, 7) is 0. The number of para-hydroxylation sites is 1. The minimum atomic E-state index is -0.926. The highest BCUT2D eigenvalue weighted by Gasteiger charge is 2.25. The lowest BCUT2D eigenvalue weighted by Gasteiger charge is -2.29. The van der Waals surface area contributed by atoms with E-state index in [1.54, 1.807) is 25.3 Å². The lowest BCUT2D eigenvalue weighted by atomic mass is 9.95. The van der Waals surface area contributed by atoms with Gasteiger partial charge in [0, 0.05) is 11.6 Å². The van der Waals surface area contributed by atoms with Crippen LogP contribution >= 0.6 is 0 Å². The third-order valence-electron chi connectivity index (χ3n) is 3.36. The first-order chi connectivity index (χ1) is 9.11. The zero-order valence-electron chi connectivity index (χ0n) is 11.0. The first-order valence-corrected chi connectivity index (χ1v) is 6.42. The van der Waals surface area contributed by atoms with Gasteiger partial charge in [-0.2, -0.15) is 0 Å². The van der Waals surface area contributed by atoms with Crippen LogP contribution in [0.1, 0.15) is 37.3 Å². The van der Waals surface area contributed by atoms with Gasteiger partial charge in [0.05, 0.1) is 19.6 Å². The smallest absolute Gasteiger partial charge is 0.305 e. The Labute approximate surface area is 112 Å². The molecule has 2 rings (SSSR count). The number of benzene rings is 1. The maximum Gasteiger partial charge on any atom is 0.305 e. The van der Waals surface area contributed by atoms with Crippen LogP contribution in [0.25, 0.3) is 0 Å². The molecule has 104 valence electrons. The molecule has 5 nitrogen and oxygen atoms in total. The predicted octanol–water partition coefficient (Wildman–Crippen LogP) is 2.10. The summed E-state index contributed by atoms with van der Waals surface area (Å²) >= 11 is 0. The number of hydrogen-bond acceptors (Lipinski definition) is 4. The minimum absolute atomic E-state index is 0.131. The van der Waals surface area contributed by atoms with Gasteiger partial charge >= 0.3 is 5.97 Å². The molecular weight excluding hydrogens is 246 g/mol. The van der Waals surface area contributed by atoms with Crippen LogP contribution in [0.15, 0.2) is 18.2 Å². The fraction of sp³-hybridized carbons (Fsp3) is 0.500. The van der Waals surface area contributed by atoms with Gasteiger partial charge in [0.1, 0.15) is 0 Å². The molecule has 1 aliphatic carbocycles. The zero-order valence-corrected chi connectivity index (χ0v) is 11.0. The van der Waals surface area contributed by atoms with Gasteiger partial charge in [0.15, 0.2) is 11.5 Å². The Kier molecular flexibility index (Phi) is 4.27. The lowest BCUT2D eigenvalue weighted by Crippen LogP contribution is -2.26. The number of carboxylic acids is 1. The van der Waals surface area contributed by atoms with E-state index in [1.165, 1.54) is 0 Å². The molecule has 0 bridgehead atoms. The molecule has 1 aromatic carbocycles. The Bertz CT molecular complexity index is 457. The lowest BCUT2D eigenvalue weighted by molar-refractivity contribution is -0.137. The van der Waals surface area contributed by atoms with Gasteiger partial charge in [0.25, 0.3) is 0 Å². The summed E-state index contributed by atoms with van der Waals surface area (Å²) in [6.07, 6.45) is 3.26.